The smallest absolute Gasteiger partial charge is 0.271 e. The van der Waals surface area contributed by atoms with E-state index in [9.17, 15) is 9.59 Å². The van der Waals surface area contributed by atoms with Crippen molar-refractivity contribution in [2.24, 2.45) is 0 Å². The summed E-state index contributed by atoms with van der Waals surface area (Å²) in [5, 5.41) is 4.43. The third-order valence-electron chi connectivity index (χ3n) is 8.23. The van der Waals surface area contributed by atoms with E-state index in [2.05, 4.69) is 14.8 Å². The second-order valence-corrected chi connectivity index (χ2v) is 10.7. The summed E-state index contributed by atoms with van der Waals surface area (Å²) in [6, 6.07) is 10.3. The average molecular weight is 481 g/mol. The van der Waals surface area contributed by atoms with Gasteiger partial charge in [-0.25, -0.2) is 0 Å². The zero-order valence-electron chi connectivity index (χ0n) is 21.1. The minimum absolute atomic E-state index is 0.00812. The SMILES string of the molecule is C[C@]1(C(=O)NC2CCCCCCC2)Cn2c(cc3ccccc32)C(=O)N1CCCN1CCOCC1. The van der Waals surface area contributed by atoms with E-state index in [1.807, 2.05) is 42.2 Å². The number of hydrogen-bond acceptors (Lipinski definition) is 4. The number of fused-ring (bicyclic) bond motifs is 3. The maximum Gasteiger partial charge on any atom is 0.271 e. The van der Waals surface area contributed by atoms with Crippen molar-refractivity contribution in [3.63, 3.8) is 0 Å². The van der Waals surface area contributed by atoms with E-state index in [4.69, 9.17) is 4.74 Å². The minimum atomic E-state index is -0.917. The molecule has 2 amide bonds. The summed E-state index contributed by atoms with van der Waals surface area (Å²) < 4.78 is 7.54. The fourth-order valence-electron chi connectivity index (χ4n) is 6.07. The third kappa shape index (κ3) is 5.12. The largest absolute Gasteiger partial charge is 0.379 e. The van der Waals surface area contributed by atoms with Crippen molar-refractivity contribution < 1.29 is 14.3 Å². The zero-order valence-corrected chi connectivity index (χ0v) is 21.1. The highest BCUT2D eigenvalue weighted by molar-refractivity contribution is 6.03. The quantitative estimate of drug-likeness (QED) is 0.683. The van der Waals surface area contributed by atoms with Crippen molar-refractivity contribution in [2.75, 3.05) is 39.4 Å². The summed E-state index contributed by atoms with van der Waals surface area (Å²) in [5.74, 6) is -0.0454. The Morgan fingerprint density at radius 1 is 1.06 bits per heavy atom. The maximum atomic E-state index is 13.9. The van der Waals surface area contributed by atoms with Crippen molar-refractivity contribution >= 4 is 22.7 Å². The first kappa shape index (κ1) is 24.3. The Morgan fingerprint density at radius 3 is 2.54 bits per heavy atom. The number of hydrogen-bond donors (Lipinski definition) is 1. The molecule has 190 valence electrons. The number of nitrogens with zero attached hydrogens (tertiary/aromatic N) is 3. The van der Waals surface area contributed by atoms with Crippen LogP contribution in [0.15, 0.2) is 30.3 Å². The van der Waals surface area contributed by atoms with Gasteiger partial charge in [-0.3, -0.25) is 14.5 Å². The van der Waals surface area contributed by atoms with Crippen LogP contribution in [0.3, 0.4) is 0 Å². The molecule has 2 aliphatic heterocycles. The summed E-state index contributed by atoms with van der Waals surface area (Å²) in [7, 11) is 0. The first-order valence-electron chi connectivity index (χ1n) is 13.6. The van der Waals surface area contributed by atoms with Gasteiger partial charge in [-0.05, 0) is 38.3 Å². The molecular formula is C28H40N4O3. The summed E-state index contributed by atoms with van der Waals surface area (Å²) >= 11 is 0. The molecule has 2 fully saturated rings. The number of rotatable bonds is 6. The van der Waals surface area contributed by atoms with Crippen LogP contribution in [-0.4, -0.2) is 77.2 Å². The lowest BCUT2D eigenvalue weighted by Gasteiger charge is -2.45. The van der Waals surface area contributed by atoms with Crippen molar-refractivity contribution in [1.82, 2.24) is 19.7 Å². The van der Waals surface area contributed by atoms with E-state index in [0.717, 1.165) is 75.9 Å². The van der Waals surface area contributed by atoms with Crippen LogP contribution in [-0.2, 0) is 16.1 Å². The molecule has 2 aromatic rings. The van der Waals surface area contributed by atoms with E-state index in [1.54, 1.807) is 0 Å². The molecule has 3 aliphatic rings. The fourth-order valence-corrected chi connectivity index (χ4v) is 6.07. The number of carbonyl (C=O) groups excluding carboxylic acids is 2. The summed E-state index contributed by atoms with van der Waals surface area (Å²) in [6.45, 7) is 7.34. The zero-order chi connectivity index (χ0) is 24.3. The third-order valence-corrected chi connectivity index (χ3v) is 8.23. The van der Waals surface area contributed by atoms with Crippen LogP contribution in [0.2, 0.25) is 0 Å². The first-order valence-corrected chi connectivity index (χ1v) is 13.6. The summed E-state index contributed by atoms with van der Waals surface area (Å²) in [4.78, 5) is 32.1. The Hall–Kier alpha value is -2.38. The van der Waals surface area contributed by atoms with Gasteiger partial charge in [0, 0.05) is 43.1 Å². The number of para-hydroxylation sites is 1. The average Bonchev–Trinajstić information content (AvgIpc) is 3.22. The maximum absolute atomic E-state index is 13.9. The molecule has 3 heterocycles. The van der Waals surface area contributed by atoms with Gasteiger partial charge in [0.25, 0.3) is 5.91 Å². The lowest BCUT2D eigenvalue weighted by Crippen LogP contribution is -2.65. The molecule has 1 N–H and O–H groups in total. The Labute approximate surface area is 208 Å². The number of aromatic nitrogens is 1. The van der Waals surface area contributed by atoms with E-state index in [0.29, 0.717) is 18.8 Å². The standard InChI is InChI=1S/C28H40N4O3/c1-28(27(34)29-23-11-5-3-2-4-6-12-23)21-31-24-13-8-7-10-22(24)20-25(31)26(33)32(28)15-9-14-30-16-18-35-19-17-30/h7-8,10,13,20,23H,2-6,9,11-12,14-19,21H2,1H3,(H,29,34)/t28-/m1/s1. The molecule has 1 atom stereocenters. The van der Waals surface area contributed by atoms with Crippen molar-refractivity contribution in [2.45, 2.75) is 76.4 Å². The lowest BCUT2D eigenvalue weighted by atomic mass is 9.92. The van der Waals surface area contributed by atoms with Crippen LogP contribution >= 0.6 is 0 Å². The molecule has 1 saturated carbocycles. The predicted octanol–water partition coefficient (Wildman–Crippen LogP) is 3.81. The molecule has 1 aliphatic carbocycles. The van der Waals surface area contributed by atoms with E-state index in [1.165, 1.54) is 19.3 Å². The van der Waals surface area contributed by atoms with Crippen LogP contribution in [0.1, 0.15) is 68.8 Å². The molecule has 7 nitrogen and oxygen atoms in total. The summed E-state index contributed by atoms with van der Waals surface area (Å²) in [5.41, 5.74) is 0.793. The number of carbonyl (C=O) groups is 2. The van der Waals surface area contributed by atoms with Gasteiger partial charge in [0.15, 0.2) is 0 Å². The molecule has 0 spiro atoms. The highest BCUT2D eigenvalue weighted by Crippen LogP contribution is 2.33. The predicted molar refractivity (Wildman–Crippen MR) is 138 cm³/mol. The van der Waals surface area contributed by atoms with Gasteiger partial charge in [-0.2, -0.15) is 0 Å². The van der Waals surface area contributed by atoms with Gasteiger partial charge >= 0.3 is 0 Å². The van der Waals surface area contributed by atoms with Gasteiger partial charge in [0.1, 0.15) is 11.2 Å². The van der Waals surface area contributed by atoms with Crippen LogP contribution < -0.4 is 5.32 Å². The van der Waals surface area contributed by atoms with Crippen molar-refractivity contribution in [1.29, 1.82) is 0 Å². The molecule has 0 radical (unpaired) electrons. The van der Waals surface area contributed by atoms with Crippen LogP contribution in [0.5, 0.6) is 0 Å². The topological polar surface area (TPSA) is 66.8 Å². The molecule has 5 rings (SSSR count). The van der Waals surface area contributed by atoms with Crippen molar-refractivity contribution in [3.8, 4) is 0 Å². The van der Waals surface area contributed by atoms with Crippen LogP contribution in [0.25, 0.3) is 10.9 Å². The number of amides is 2. The molecule has 1 aromatic carbocycles. The molecule has 0 bridgehead atoms. The van der Waals surface area contributed by atoms with Gasteiger partial charge in [0.05, 0.1) is 19.8 Å². The normalized spacial score (nSPS) is 24.7. The molecule has 1 saturated heterocycles. The highest BCUT2D eigenvalue weighted by atomic mass is 16.5. The molecular weight excluding hydrogens is 440 g/mol. The number of morpholine rings is 1. The second kappa shape index (κ2) is 10.7. The van der Waals surface area contributed by atoms with Crippen LogP contribution in [0, 0.1) is 0 Å². The lowest BCUT2D eigenvalue weighted by molar-refractivity contribution is -0.133. The van der Waals surface area contributed by atoms with Gasteiger partial charge in [-0.15, -0.1) is 0 Å². The van der Waals surface area contributed by atoms with Crippen LogP contribution in [0.4, 0.5) is 0 Å². The van der Waals surface area contributed by atoms with Gasteiger partial charge in [0.2, 0.25) is 5.91 Å². The highest BCUT2D eigenvalue weighted by Gasteiger charge is 2.47. The fraction of sp³-hybridized carbons (Fsp3) is 0.643. The number of ether oxygens (including phenoxy) is 1. The van der Waals surface area contributed by atoms with Gasteiger partial charge in [-0.1, -0.05) is 50.3 Å². The Balaban J connectivity index is 1.39. The van der Waals surface area contributed by atoms with E-state index in [-0.39, 0.29) is 17.9 Å². The number of nitrogens with one attached hydrogen (secondary N) is 1. The van der Waals surface area contributed by atoms with Crippen molar-refractivity contribution in [3.05, 3.63) is 36.0 Å². The van der Waals surface area contributed by atoms with E-state index < -0.39 is 5.54 Å². The molecule has 35 heavy (non-hydrogen) atoms. The monoisotopic (exact) mass is 480 g/mol. The molecule has 1 aromatic heterocycles. The number of benzene rings is 1. The van der Waals surface area contributed by atoms with E-state index >= 15 is 0 Å². The Morgan fingerprint density at radius 2 is 1.77 bits per heavy atom. The first-order chi connectivity index (χ1) is 17.1. The summed E-state index contributed by atoms with van der Waals surface area (Å²) in [6.07, 6.45) is 9.02. The Kier molecular flexibility index (Phi) is 7.44. The second-order valence-electron chi connectivity index (χ2n) is 10.7. The minimum Gasteiger partial charge on any atom is -0.379 e. The molecule has 0 unspecified atom stereocenters. The van der Waals surface area contributed by atoms with Gasteiger partial charge < -0.3 is 19.5 Å². The molecule has 7 heteroatoms. The Bertz CT molecular complexity index is 1040.